The van der Waals surface area contributed by atoms with Crippen LogP contribution in [0, 0.1) is 6.92 Å². The first-order valence-electron chi connectivity index (χ1n) is 5.17. The van der Waals surface area contributed by atoms with Gasteiger partial charge in [-0.15, -0.1) is 0 Å². The minimum atomic E-state index is -0.847. The summed E-state index contributed by atoms with van der Waals surface area (Å²) in [7, 11) is 0. The molecule has 0 fully saturated rings. The predicted molar refractivity (Wildman–Crippen MR) is 63.3 cm³/mol. The van der Waals surface area contributed by atoms with Crippen molar-refractivity contribution in [1.29, 1.82) is 0 Å². The summed E-state index contributed by atoms with van der Waals surface area (Å²) in [6.45, 7) is 3.91. The third kappa shape index (κ3) is 2.23. The zero-order valence-corrected chi connectivity index (χ0v) is 10.4. The van der Waals surface area contributed by atoms with E-state index in [9.17, 15) is 4.79 Å². The van der Waals surface area contributed by atoms with Gasteiger partial charge in [0, 0.05) is 11.3 Å². The van der Waals surface area contributed by atoms with E-state index in [1.54, 1.807) is 4.52 Å². The number of carboxylic acids is 1. The van der Waals surface area contributed by atoms with E-state index in [-0.39, 0.29) is 5.75 Å². The summed E-state index contributed by atoms with van der Waals surface area (Å²) in [6.07, 6.45) is 2.21. The molecule has 0 saturated heterocycles. The first-order valence-corrected chi connectivity index (χ1v) is 6.15. The van der Waals surface area contributed by atoms with Gasteiger partial charge in [0.2, 0.25) is 0 Å². The Labute approximate surface area is 102 Å². The minimum absolute atomic E-state index is 0.00537. The van der Waals surface area contributed by atoms with Crippen molar-refractivity contribution in [2.24, 2.45) is 0 Å². The predicted octanol–water partition coefficient (Wildman–Crippen LogP) is 1.17. The highest BCUT2D eigenvalue weighted by atomic mass is 32.2. The third-order valence-electron chi connectivity index (χ3n) is 2.37. The number of aliphatic carboxylic acids is 1. The Morgan fingerprint density at radius 3 is 3.00 bits per heavy atom. The molecule has 1 N–H and O–H groups in total. The molecule has 0 aliphatic heterocycles. The lowest BCUT2D eigenvalue weighted by Crippen LogP contribution is -2.07. The molecule has 0 amide bonds. The largest absolute Gasteiger partial charge is 0.481 e. The Bertz CT molecular complexity index is 567. The van der Waals surface area contributed by atoms with Crippen molar-refractivity contribution in [2.75, 3.05) is 5.75 Å². The third-order valence-corrected chi connectivity index (χ3v) is 3.45. The molecule has 2 heterocycles. The molecule has 17 heavy (non-hydrogen) atoms. The van der Waals surface area contributed by atoms with Crippen LogP contribution >= 0.6 is 11.8 Å². The first kappa shape index (κ1) is 11.8. The van der Waals surface area contributed by atoms with E-state index in [1.165, 1.54) is 18.1 Å². The molecule has 0 aromatic carbocycles. The maximum Gasteiger partial charge on any atom is 0.313 e. The Hall–Kier alpha value is -1.63. The lowest BCUT2D eigenvalue weighted by molar-refractivity contribution is -0.133. The Kier molecular flexibility index (Phi) is 3.28. The average molecular weight is 252 g/mol. The molecule has 2 aromatic heterocycles. The average Bonchev–Trinajstić information content (AvgIpc) is 2.72. The standard InChI is InChI=1S/C10H12N4O2S/c1-3-7-6(2)13-10-11-5-12-14(10)9(7)17-4-8(15)16/h5H,3-4H2,1-2H3,(H,15,16). The van der Waals surface area contributed by atoms with Gasteiger partial charge in [-0.05, 0) is 13.3 Å². The summed E-state index contributed by atoms with van der Waals surface area (Å²) in [4.78, 5) is 19.0. The Morgan fingerprint density at radius 1 is 1.59 bits per heavy atom. The fourth-order valence-electron chi connectivity index (χ4n) is 1.64. The van der Waals surface area contributed by atoms with Crippen molar-refractivity contribution in [1.82, 2.24) is 19.6 Å². The molecular formula is C10H12N4O2S. The van der Waals surface area contributed by atoms with Crippen LogP contribution in [0.2, 0.25) is 0 Å². The molecule has 90 valence electrons. The smallest absolute Gasteiger partial charge is 0.313 e. The molecule has 0 atom stereocenters. The molecule has 0 unspecified atom stereocenters. The van der Waals surface area contributed by atoms with Crippen LogP contribution in [0.3, 0.4) is 0 Å². The molecule has 0 bridgehead atoms. The van der Waals surface area contributed by atoms with E-state index in [2.05, 4.69) is 15.1 Å². The Balaban J connectivity index is 2.54. The van der Waals surface area contributed by atoms with Crippen LogP contribution in [0.5, 0.6) is 0 Å². The van der Waals surface area contributed by atoms with Crippen LogP contribution in [-0.2, 0) is 11.2 Å². The van der Waals surface area contributed by atoms with E-state index in [1.807, 2.05) is 13.8 Å². The second-order valence-corrected chi connectivity index (χ2v) is 4.45. The number of nitrogens with zero attached hydrogens (tertiary/aromatic N) is 4. The number of aromatic nitrogens is 4. The zero-order valence-electron chi connectivity index (χ0n) is 9.54. The summed E-state index contributed by atoms with van der Waals surface area (Å²) < 4.78 is 1.60. The number of aryl methyl sites for hydroxylation is 1. The van der Waals surface area contributed by atoms with Gasteiger partial charge in [-0.3, -0.25) is 4.79 Å². The molecule has 0 aliphatic rings. The number of hydrogen-bond donors (Lipinski definition) is 1. The number of carbonyl (C=O) groups is 1. The van der Waals surface area contributed by atoms with Gasteiger partial charge in [0.05, 0.1) is 5.75 Å². The van der Waals surface area contributed by atoms with Crippen LogP contribution in [0.4, 0.5) is 0 Å². The van der Waals surface area contributed by atoms with E-state index in [0.717, 1.165) is 22.7 Å². The summed E-state index contributed by atoms with van der Waals surface area (Å²) in [5.74, 6) is -0.335. The van der Waals surface area contributed by atoms with Crippen molar-refractivity contribution >= 4 is 23.5 Å². The van der Waals surface area contributed by atoms with E-state index in [4.69, 9.17) is 5.11 Å². The van der Waals surface area contributed by atoms with E-state index >= 15 is 0 Å². The fraction of sp³-hybridized carbons (Fsp3) is 0.400. The van der Waals surface area contributed by atoms with Gasteiger partial charge in [0.1, 0.15) is 11.4 Å². The molecule has 0 spiro atoms. The Morgan fingerprint density at radius 2 is 2.35 bits per heavy atom. The maximum atomic E-state index is 10.6. The molecular weight excluding hydrogens is 240 g/mol. The second kappa shape index (κ2) is 4.70. The van der Waals surface area contributed by atoms with Crippen molar-refractivity contribution in [3.8, 4) is 0 Å². The van der Waals surface area contributed by atoms with E-state index < -0.39 is 5.97 Å². The van der Waals surface area contributed by atoms with Crippen molar-refractivity contribution in [3.05, 3.63) is 17.6 Å². The van der Waals surface area contributed by atoms with Gasteiger partial charge in [0.25, 0.3) is 5.78 Å². The molecule has 2 aromatic rings. The van der Waals surface area contributed by atoms with Gasteiger partial charge < -0.3 is 5.11 Å². The molecule has 2 rings (SSSR count). The number of carboxylic acid groups (broad SMARTS) is 1. The van der Waals surface area contributed by atoms with Gasteiger partial charge >= 0.3 is 5.97 Å². The topological polar surface area (TPSA) is 80.4 Å². The molecule has 7 heteroatoms. The van der Waals surface area contributed by atoms with Gasteiger partial charge in [0.15, 0.2) is 0 Å². The first-order chi connectivity index (χ1) is 8.13. The van der Waals surface area contributed by atoms with Crippen molar-refractivity contribution in [2.45, 2.75) is 25.3 Å². The van der Waals surface area contributed by atoms with Gasteiger partial charge in [-0.1, -0.05) is 18.7 Å². The summed E-state index contributed by atoms with van der Waals surface area (Å²) in [6, 6.07) is 0. The summed E-state index contributed by atoms with van der Waals surface area (Å²) in [5, 5.41) is 13.6. The second-order valence-electron chi connectivity index (χ2n) is 3.49. The van der Waals surface area contributed by atoms with Gasteiger partial charge in [-0.25, -0.2) is 4.98 Å². The number of hydrogen-bond acceptors (Lipinski definition) is 5. The van der Waals surface area contributed by atoms with Crippen LogP contribution in [0.1, 0.15) is 18.2 Å². The molecule has 0 saturated carbocycles. The number of rotatable bonds is 4. The van der Waals surface area contributed by atoms with Gasteiger partial charge in [-0.2, -0.15) is 14.6 Å². The lowest BCUT2D eigenvalue weighted by Gasteiger charge is -2.10. The summed E-state index contributed by atoms with van der Waals surface area (Å²) in [5.41, 5.74) is 1.90. The molecule has 0 radical (unpaired) electrons. The van der Waals surface area contributed by atoms with Crippen LogP contribution < -0.4 is 0 Å². The monoisotopic (exact) mass is 252 g/mol. The fourth-order valence-corrected chi connectivity index (χ4v) is 2.62. The van der Waals surface area contributed by atoms with Crippen molar-refractivity contribution < 1.29 is 9.90 Å². The normalized spacial score (nSPS) is 10.9. The van der Waals surface area contributed by atoms with Crippen LogP contribution in [0.25, 0.3) is 5.78 Å². The highest BCUT2D eigenvalue weighted by Gasteiger charge is 2.14. The zero-order chi connectivity index (χ0) is 12.4. The number of fused-ring (bicyclic) bond motifs is 1. The highest BCUT2D eigenvalue weighted by Crippen LogP contribution is 2.25. The number of thioether (sulfide) groups is 1. The van der Waals surface area contributed by atoms with Crippen LogP contribution in [0.15, 0.2) is 11.4 Å². The molecule has 0 aliphatic carbocycles. The highest BCUT2D eigenvalue weighted by molar-refractivity contribution is 7.99. The van der Waals surface area contributed by atoms with Crippen molar-refractivity contribution in [3.63, 3.8) is 0 Å². The SMILES string of the molecule is CCc1c(C)nc2ncnn2c1SCC(=O)O. The van der Waals surface area contributed by atoms with E-state index in [0.29, 0.717) is 5.78 Å². The quantitative estimate of drug-likeness (QED) is 0.650. The summed E-state index contributed by atoms with van der Waals surface area (Å²) >= 11 is 1.25. The lowest BCUT2D eigenvalue weighted by atomic mass is 10.2. The minimum Gasteiger partial charge on any atom is -0.481 e. The molecule has 6 nitrogen and oxygen atoms in total. The maximum absolute atomic E-state index is 10.6. The van der Waals surface area contributed by atoms with Crippen LogP contribution in [-0.4, -0.2) is 36.4 Å².